The Labute approximate surface area is 159 Å². The molecule has 0 unspecified atom stereocenters. The first-order valence-corrected chi connectivity index (χ1v) is 9.89. The van der Waals surface area contributed by atoms with Crippen molar-refractivity contribution in [3.05, 3.63) is 59.7 Å². The van der Waals surface area contributed by atoms with Crippen molar-refractivity contribution in [2.75, 3.05) is 6.61 Å². The third-order valence-electron chi connectivity index (χ3n) is 3.53. The largest absolute Gasteiger partial charge is 0.484 e. The molecule has 0 atom stereocenters. The van der Waals surface area contributed by atoms with Gasteiger partial charge in [-0.3, -0.25) is 4.79 Å². The molecule has 0 spiro atoms. The van der Waals surface area contributed by atoms with Gasteiger partial charge in [0.25, 0.3) is 15.9 Å². The van der Waals surface area contributed by atoms with Gasteiger partial charge in [-0.1, -0.05) is 26.0 Å². The maximum atomic E-state index is 12.3. The van der Waals surface area contributed by atoms with Gasteiger partial charge in [0.2, 0.25) is 0 Å². The Balaban J connectivity index is 1.96. The molecule has 0 aliphatic rings. The Morgan fingerprint density at radius 1 is 1.15 bits per heavy atom. The van der Waals surface area contributed by atoms with E-state index in [9.17, 15) is 13.2 Å². The van der Waals surface area contributed by atoms with Crippen molar-refractivity contribution in [1.82, 2.24) is 4.83 Å². The Hall–Kier alpha value is -2.87. The number of carbonyl (C=O) groups excluding carboxylic acids is 1. The van der Waals surface area contributed by atoms with E-state index in [2.05, 4.69) is 23.8 Å². The summed E-state index contributed by atoms with van der Waals surface area (Å²) in [6, 6.07) is 13.4. The first kappa shape index (κ1) is 20.4. The van der Waals surface area contributed by atoms with E-state index < -0.39 is 15.9 Å². The molecule has 2 aromatic carbocycles. The lowest BCUT2D eigenvalue weighted by atomic mass is 10.0. The second-order valence-electron chi connectivity index (χ2n) is 6.42. The van der Waals surface area contributed by atoms with Crippen molar-refractivity contribution in [2.45, 2.75) is 25.2 Å². The summed E-state index contributed by atoms with van der Waals surface area (Å²) in [6.07, 6.45) is 2.27. The standard InChI is InChI=1S/C19H23N3O4S/c1-14(2)11-15-5-9-18(10-6-15)27(24,25)22-21-12-16-3-7-17(8-4-16)26-13-19(20)23/h3-10,12,14,22H,11,13H2,1-2H3,(H2,20,23)/b21-12+. The molecule has 7 nitrogen and oxygen atoms in total. The third-order valence-corrected chi connectivity index (χ3v) is 4.76. The average Bonchev–Trinajstić information content (AvgIpc) is 2.61. The first-order valence-electron chi connectivity index (χ1n) is 8.41. The van der Waals surface area contributed by atoms with Gasteiger partial charge in [0.15, 0.2) is 6.61 Å². The molecule has 0 aliphatic heterocycles. The summed E-state index contributed by atoms with van der Waals surface area (Å²) < 4.78 is 29.7. The van der Waals surface area contributed by atoms with Gasteiger partial charge in [-0.2, -0.15) is 13.5 Å². The Morgan fingerprint density at radius 2 is 1.78 bits per heavy atom. The van der Waals surface area contributed by atoms with Crippen LogP contribution in [0, 0.1) is 5.92 Å². The zero-order valence-electron chi connectivity index (χ0n) is 15.3. The topological polar surface area (TPSA) is 111 Å². The fourth-order valence-corrected chi connectivity index (χ4v) is 3.09. The highest BCUT2D eigenvalue weighted by Gasteiger charge is 2.12. The molecule has 0 fully saturated rings. The van der Waals surface area contributed by atoms with Gasteiger partial charge in [0.1, 0.15) is 5.75 Å². The Bertz CT molecular complexity index is 890. The number of hydrogen-bond donors (Lipinski definition) is 2. The van der Waals surface area contributed by atoms with Crippen molar-refractivity contribution in [1.29, 1.82) is 0 Å². The van der Waals surface area contributed by atoms with Crippen molar-refractivity contribution in [2.24, 2.45) is 16.8 Å². The molecule has 2 rings (SSSR count). The van der Waals surface area contributed by atoms with Crippen LogP contribution < -0.4 is 15.3 Å². The van der Waals surface area contributed by atoms with Crippen LogP contribution in [-0.4, -0.2) is 27.1 Å². The molecule has 0 aliphatic carbocycles. The van der Waals surface area contributed by atoms with Crippen molar-refractivity contribution in [3.63, 3.8) is 0 Å². The minimum absolute atomic E-state index is 0.155. The molecule has 1 amide bonds. The number of ether oxygens (including phenoxy) is 1. The van der Waals surface area contributed by atoms with E-state index in [1.54, 1.807) is 36.4 Å². The van der Waals surface area contributed by atoms with Gasteiger partial charge in [0.05, 0.1) is 11.1 Å². The highest BCUT2D eigenvalue weighted by molar-refractivity contribution is 7.89. The normalized spacial score (nSPS) is 11.7. The average molecular weight is 389 g/mol. The molecule has 0 heterocycles. The highest BCUT2D eigenvalue weighted by Crippen LogP contribution is 2.14. The van der Waals surface area contributed by atoms with E-state index in [0.29, 0.717) is 17.2 Å². The molecule has 0 saturated carbocycles. The van der Waals surface area contributed by atoms with Crippen LogP contribution in [0.25, 0.3) is 0 Å². The van der Waals surface area contributed by atoms with E-state index in [1.165, 1.54) is 6.21 Å². The molecule has 144 valence electrons. The summed E-state index contributed by atoms with van der Waals surface area (Å²) in [4.78, 5) is 13.0. The second kappa shape index (κ2) is 9.18. The van der Waals surface area contributed by atoms with Gasteiger partial charge in [-0.05, 0) is 59.9 Å². The van der Waals surface area contributed by atoms with Gasteiger partial charge in [-0.25, -0.2) is 4.83 Å². The summed E-state index contributed by atoms with van der Waals surface area (Å²) in [5.74, 6) is 0.420. The van der Waals surface area contributed by atoms with Crippen LogP contribution in [0.2, 0.25) is 0 Å². The number of primary amides is 1. The molecule has 0 saturated heterocycles. The fraction of sp³-hybridized carbons (Fsp3) is 0.263. The monoisotopic (exact) mass is 389 g/mol. The summed E-state index contributed by atoms with van der Waals surface area (Å²) in [7, 11) is -3.73. The minimum atomic E-state index is -3.73. The first-order chi connectivity index (χ1) is 12.8. The van der Waals surface area contributed by atoms with E-state index in [1.807, 2.05) is 12.1 Å². The fourth-order valence-electron chi connectivity index (χ4n) is 2.30. The van der Waals surface area contributed by atoms with Crippen LogP contribution >= 0.6 is 0 Å². The lowest BCUT2D eigenvalue weighted by Crippen LogP contribution is -2.20. The predicted octanol–water partition coefficient (Wildman–Crippen LogP) is 2.06. The van der Waals surface area contributed by atoms with Gasteiger partial charge in [-0.15, -0.1) is 0 Å². The smallest absolute Gasteiger partial charge is 0.276 e. The molecule has 8 heteroatoms. The number of amides is 1. The molecule has 0 aromatic heterocycles. The number of nitrogens with one attached hydrogen (secondary N) is 1. The van der Waals surface area contributed by atoms with Crippen LogP contribution in [-0.2, 0) is 21.2 Å². The number of carbonyl (C=O) groups is 1. The number of nitrogens with two attached hydrogens (primary N) is 1. The summed E-state index contributed by atoms with van der Waals surface area (Å²) >= 11 is 0. The SMILES string of the molecule is CC(C)Cc1ccc(S(=O)(=O)N/N=C/c2ccc(OCC(N)=O)cc2)cc1. The van der Waals surface area contributed by atoms with E-state index in [4.69, 9.17) is 10.5 Å². The maximum Gasteiger partial charge on any atom is 0.276 e. The van der Waals surface area contributed by atoms with Crippen molar-refractivity contribution in [3.8, 4) is 5.75 Å². The van der Waals surface area contributed by atoms with E-state index in [0.717, 1.165) is 12.0 Å². The van der Waals surface area contributed by atoms with Crippen molar-refractivity contribution < 1.29 is 17.9 Å². The minimum Gasteiger partial charge on any atom is -0.484 e. The Morgan fingerprint density at radius 3 is 2.33 bits per heavy atom. The number of hydrazone groups is 1. The van der Waals surface area contributed by atoms with E-state index >= 15 is 0 Å². The molecule has 0 bridgehead atoms. The van der Waals surface area contributed by atoms with Crippen LogP contribution in [0.15, 0.2) is 58.5 Å². The highest BCUT2D eigenvalue weighted by atomic mass is 32.2. The molecule has 0 radical (unpaired) electrons. The third kappa shape index (κ3) is 6.74. The van der Waals surface area contributed by atoms with E-state index in [-0.39, 0.29) is 11.5 Å². The second-order valence-corrected chi connectivity index (χ2v) is 8.08. The molecular weight excluding hydrogens is 366 g/mol. The van der Waals surface area contributed by atoms with Crippen LogP contribution in [0.5, 0.6) is 5.75 Å². The lowest BCUT2D eigenvalue weighted by molar-refractivity contribution is -0.119. The predicted molar refractivity (Wildman–Crippen MR) is 104 cm³/mol. The summed E-state index contributed by atoms with van der Waals surface area (Å²) in [5, 5.41) is 3.79. The number of hydrogen-bond acceptors (Lipinski definition) is 5. The number of benzene rings is 2. The van der Waals surface area contributed by atoms with Gasteiger partial charge >= 0.3 is 0 Å². The lowest BCUT2D eigenvalue weighted by Gasteiger charge is -2.07. The van der Waals surface area contributed by atoms with Gasteiger partial charge in [0, 0.05) is 0 Å². The summed E-state index contributed by atoms with van der Waals surface area (Å²) in [5.41, 5.74) is 6.76. The zero-order chi connectivity index (χ0) is 19.9. The van der Waals surface area contributed by atoms with Crippen LogP contribution in [0.3, 0.4) is 0 Å². The zero-order valence-corrected chi connectivity index (χ0v) is 16.1. The number of sulfonamides is 1. The Kier molecular flexibility index (Phi) is 6.95. The molecule has 27 heavy (non-hydrogen) atoms. The molecular formula is C19H23N3O4S. The summed E-state index contributed by atoms with van der Waals surface area (Å²) in [6.45, 7) is 4.01. The quantitative estimate of drug-likeness (QED) is 0.505. The molecule has 2 aromatic rings. The van der Waals surface area contributed by atoms with Gasteiger partial charge < -0.3 is 10.5 Å². The number of nitrogens with zero attached hydrogens (tertiary/aromatic N) is 1. The van der Waals surface area contributed by atoms with Crippen molar-refractivity contribution >= 4 is 22.1 Å². The maximum absolute atomic E-state index is 12.3. The van der Waals surface area contributed by atoms with Crippen LogP contribution in [0.1, 0.15) is 25.0 Å². The number of rotatable bonds is 9. The molecule has 3 N–H and O–H groups in total. The van der Waals surface area contributed by atoms with Crippen LogP contribution in [0.4, 0.5) is 0 Å².